The van der Waals surface area contributed by atoms with Crippen LogP contribution in [0.4, 0.5) is 5.69 Å². The monoisotopic (exact) mass is 421 g/mol. The van der Waals surface area contributed by atoms with Crippen molar-refractivity contribution in [1.82, 2.24) is 0 Å². The Labute approximate surface area is 180 Å². The van der Waals surface area contributed by atoms with Crippen molar-refractivity contribution in [2.45, 2.75) is 6.10 Å². The molecule has 0 fully saturated rings. The number of nitrogens with one attached hydrogen (secondary N) is 1. The average Bonchev–Trinajstić information content (AvgIpc) is 2.76. The molecule has 0 spiro atoms. The summed E-state index contributed by atoms with van der Waals surface area (Å²) in [5.41, 5.74) is 2.75. The quantitative estimate of drug-likeness (QED) is 0.524. The Balaban J connectivity index is 1.92. The van der Waals surface area contributed by atoms with Crippen LogP contribution in [0, 0.1) is 12.3 Å². The van der Waals surface area contributed by atoms with Gasteiger partial charge in [0.05, 0.1) is 7.11 Å². The maximum Gasteiger partial charge on any atom is 0.258 e. The van der Waals surface area contributed by atoms with E-state index < -0.39 is 6.10 Å². The minimum absolute atomic E-state index is 0.0163. The van der Waals surface area contributed by atoms with Crippen molar-refractivity contribution < 1.29 is 19.4 Å². The van der Waals surface area contributed by atoms with Gasteiger partial charge >= 0.3 is 0 Å². The Bertz CT molecular complexity index is 1070. The van der Waals surface area contributed by atoms with Gasteiger partial charge in [-0.15, -0.1) is 6.42 Å². The smallest absolute Gasteiger partial charge is 0.258 e. The van der Waals surface area contributed by atoms with E-state index in [0.29, 0.717) is 22.0 Å². The molecular formula is C24H20ClNO4. The molecule has 152 valence electrons. The lowest BCUT2D eigenvalue weighted by molar-refractivity contribution is -0.126. The maximum atomic E-state index is 13.1. The van der Waals surface area contributed by atoms with Crippen molar-refractivity contribution >= 4 is 23.2 Å². The normalized spacial score (nSPS) is 11.4. The molecule has 2 N–H and O–H groups in total. The molecule has 3 aromatic carbocycles. The predicted molar refractivity (Wildman–Crippen MR) is 118 cm³/mol. The lowest BCUT2D eigenvalue weighted by atomic mass is 10.0. The van der Waals surface area contributed by atoms with Crippen LogP contribution in [0.25, 0.3) is 11.1 Å². The standard InChI is InChI=1S/C24H20ClNO4/c1-3-14-30-23(16-8-11-18(25)12-9-16)24(28)26-20-7-5-4-6-19(20)17-10-13-21(27)22(15-17)29-2/h1,4-13,15,23,27H,14H2,2H3,(H,26,28). The molecule has 1 atom stereocenters. The zero-order valence-electron chi connectivity index (χ0n) is 16.3. The summed E-state index contributed by atoms with van der Waals surface area (Å²) in [5, 5.41) is 13.3. The number of phenolic OH excluding ortho intramolecular Hbond substituents is 1. The van der Waals surface area contributed by atoms with Gasteiger partial charge in [0.25, 0.3) is 5.91 Å². The number of amides is 1. The van der Waals surface area contributed by atoms with Gasteiger partial charge in [0, 0.05) is 16.3 Å². The van der Waals surface area contributed by atoms with Gasteiger partial charge in [-0.2, -0.15) is 0 Å². The molecule has 0 saturated heterocycles. The molecule has 1 unspecified atom stereocenters. The van der Waals surface area contributed by atoms with E-state index in [1.165, 1.54) is 7.11 Å². The van der Waals surface area contributed by atoms with Crippen LogP contribution in [0.2, 0.25) is 5.02 Å². The molecule has 5 nitrogen and oxygen atoms in total. The summed E-state index contributed by atoms with van der Waals surface area (Å²) in [7, 11) is 1.48. The van der Waals surface area contributed by atoms with Crippen LogP contribution < -0.4 is 10.1 Å². The number of anilines is 1. The number of ether oxygens (including phenoxy) is 2. The summed E-state index contributed by atoms with van der Waals surface area (Å²) in [6.07, 6.45) is 4.41. The second kappa shape index (κ2) is 9.84. The molecule has 3 rings (SSSR count). The van der Waals surface area contributed by atoms with Crippen LogP contribution in [0.15, 0.2) is 66.7 Å². The van der Waals surface area contributed by atoms with Crippen molar-refractivity contribution in [2.75, 3.05) is 19.0 Å². The van der Waals surface area contributed by atoms with Gasteiger partial charge in [0.2, 0.25) is 0 Å². The minimum atomic E-state index is -0.902. The maximum absolute atomic E-state index is 13.1. The molecule has 6 heteroatoms. The van der Waals surface area contributed by atoms with E-state index in [1.54, 1.807) is 48.5 Å². The molecule has 0 heterocycles. The number of terminal acetylenes is 1. The van der Waals surface area contributed by atoms with Gasteiger partial charge in [-0.1, -0.05) is 53.9 Å². The van der Waals surface area contributed by atoms with Crippen molar-refractivity contribution in [2.24, 2.45) is 0 Å². The number of benzene rings is 3. The molecule has 30 heavy (non-hydrogen) atoms. The highest BCUT2D eigenvalue weighted by atomic mass is 35.5. The third kappa shape index (κ3) is 4.93. The van der Waals surface area contributed by atoms with Gasteiger partial charge in [-0.3, -0.25) is 4.79 Å². The number of phenols is 1. The zero-order chi connectivity index (χ0) is 21.5. The first-order valence-electron chi connectivity index (χ1n) is 9.11. The molecule has 0 aliphatic rings. The second-order valence-corrected chi connectivity index (χ2v) is 6.80. The Morgan fingerprint density at radius 1 is 1.17 bits per heavy atom. The number of carbonyl (C=O) groups excluding carboxylic acids is 1. The summed E-state index contributed by atoms with van der Waals surface area (Å²) in [4.78, 5) is 13.1. The number of aromatic hydroxyl groups is 1. The highest BCUT2D eigenvalue weighted by Crippen LogP contribution is 2.35. The zero-order valence-corrected chi connectivity index (χ0v) is 17.0. The third-order valence-corrected chi connectivity index (χ3v) is 4.67. The van der Waals surface area contributed by atoms with E-state index >= 15 is 0 Å². The van der Waals surface area contributed by atoms with Crippen molar-refractivity contribution in [3.05, 3.63) is 77.3 Å². The lowest BCUT2D eigenvalue weighted by Crippen LogP contribution is -2.24. The van der Waals surface area contributed by atoms with Crippen molar-refractivity contribution in [3.63, 3.8) is 0 Å². The molecule has 0 aliphatic carbocycles. The van der Waals surface area contributed by atoms with Crippen LogP contribution in [0.5, 0.6) is 11.5 Å². The van der Waals surface area contributed by atoms with Gasteiger partial charge in [-0.05, 0) is 41.5 Å². The van der Waals surface area contributed by atoms with E-state index in [4.69, 9.17) is 27.5 Å². The summed E-state index contributed by atoms with van der Waals surface area (Å²) < 4.78 is 10.8. The van der Waals surface area contributed by atoms with Crippen LogP contribution in [-0.2, 0) is 9.53 Å². The number of carbonyl (C=O) groups is 1. The number of hydrogen-bond donors (Lipinski definition) is 2. The molecule has 0 aliphatic heterocycles. The first kappa shape index (κ1) is 21.3. The first-order chi connectivity index (χ1) is 14.5. The second-order valence-electron chi connectivity index (χ2n) is 6.37. The molecule has 0 bridgehead atoms. The van der Waals surface area contributed by atoms with Gasteiger partial charge in [0.1, 0.15) is 6.61 Å². The Morgan fingerprint density at radius 3 is 2.60 bits per heavy atom. The number of hydrogen-bond acceptors (Lipinski definition) is 4. The van der Waals surface area contributed by atoms with Crippen LogP contribution >= 0.6 is 11.6 Å². The lowest BCUT2D eigenvalue weighted by Gasteiger charge is -2.19. The van der Waals surface area contributed by atoms with E-state index in [9.17, 15) is 9.90 Å². The van der Waals surface area contributed by atoms with E-state index in [2.05, 4.69) is 11.2 Å². The highest BCUT2D eigenvalue weighted by Gasteiger charge is 2.22. The van der Waals surface area contributed by atoms with Gasteiger partial charge in [0.15, 0.2) is 17.6 Å². The molecule has 0 radical (unpaired) electrons. The van der Waals surface area contributed by atoms with Gasteiger partial charge < -0.3 is 19.9 Å². The van der Waals surface area contributed by atoms with Crippen LogP contribution in [0.1, 0.15) is 11.7 Å². The van der Waals surface area contributed by atoms with Crippen LogP contribution in [0.3, 0.4) is 0 Å². The number of rotatable bonds is 7. The van der Waals surface area contributed by atoms with Gasteiger partial charge in [-0.25, -0.2) is 0 Å². The molecular weight excluding hydrogens is 402 g/mol. The largest absolute Gasteiger partial charge is 0.504 e. The minimum Gasteiger partial charge on any atom is -0.504 e. The summed E-state index contributed by atoms with van der Waals surface area (Å²) in [6.45, 7) is -0.0163. The molecule has 3 aromatic rings. The molecule has 1 amide bonds. The topological polar surface area (TPSA) is 67.8 Å². The van der Waals surface area contributed by atoms with E-state index in [0.717, 1.165) is 11.1 Å². The number of halogens is 1. The fraction of sp³-hybridized carbons (Fsp3) is 0.125. The Kier molecular flexibility index (Phi) is 6.97. The average molecular weight is 422 g/mol. The van der Waals surface area contributed by atoms with E-state index in [-0.39, 0.29) is 18.3 Å². The van der Waals surface area contributed by atoms with E-state index in [1.807, 2.05) is 18.2 Å². The fourth-order valence-corrected chi connectivity index (χ4v) is 3.11. The predicted octanol–water partition coefficient (Wildman–Crippen LogP) is 5.05. The first-order valence-corrected chi connectivity index (χ1v) is 9.49. The Hall–Kier alpha value is -3.46. The van der Waals surface area contributed by atoms with Crippen LogP contribution in [-0.4, -0.2) is 24.7 Å². The van der Waals surface area contributed by atoms with Crippen molar-refractivity contribution in [1.29, 1.82) is 0 Å². The molecule has 0 aromatic heterocycles. The SMILES string of the molecule is C#CCOC(C(=O)Nc1ccccc1-c1ccc(O)c(OC)c1)c1ccc(Cl)cc1. The summed E-state index contributed by atoms with van der Waals surface area (Å²) in [5.74, 6) is 2.39. The number of methoxy groups -OCH3 is 1. The highest BCUT2D eigenvalue weighted by molar-refractivity contribution is 6.30. The molecule has 0 saturated carbocycles. The number of para-hydroxylation sites is 1. The summed E-state index contributed by atoms with van der Waals surface area (Å²) in [6, 6.07) is 19.1. The third-order valence-electron chi connectivity index (χ3n) is 4.42. The fourth-order valence-electron chi connectivity index (χ4n) is 2.98. The summed E-state index contributed by atoms with van der Waals surface area (Å²) >= 11 is 5.95. The Morgan fingerprint density at radius 2 is 1.90 bits per heavy atom. The van der Waals surface area contributed by atoms with Crippen molar-refractivity contribution in [3.8, 4) is 35.0 Å².